The van der Waals surface area contributed by atoms with E-state index in [1.165, 1.54) is 6.42 Å². The van der Waals surface area contributed by atoms with Gasteiger partial charge in [-0.1, -0.05) is 32.3 Å². The molecule has 1 saturated carbocycles. The Labute approximate surface area is 202 Å². The molecule has 0 radical (unpaired) electrons. The van der Waals surface area contributed by atoms with Gasteiger partial charge in [0.2, 0.25) is 11.8 Å². The zero-order valence-corrected chi connectivity index (χ0v) is 20.4. The number of carbonyl (C=O) groups excluding carboxylic acids is 2. The first-order chi connectivity index (χ1) is 16.4. The molecule has 4 rings (SSSR count). The number of hydrogen-bond donors (Lipinski definition) is 2. The van der Waals surface area contributed by atoms with E-state index in [4.69, 9.17) is 9.84 Å². The van der Waals surface area contributed by atoms with Crippen LogP contribution in [-0.2, 0) is 19.1 Å². The first kappa shape index (κ1) is 25.2. The van der Waals surface area contributed by atoms with Crippen molar-refractivity contribution in [3.63, 3.8) is 0 Å². The lowest BCUT2D eigenvalue weighted by molar-refractivity contribution is -0.158. The zero-order valence-electron chi connectivity index (χ0n) is 20.4. The Morgan fingerprint density at radius 1 is 1.21 bits per heavy atom. The minimum absolute atomic E-state index is 0.0842. The molecule has 0 aromatic rings. The van der Waals surface area contributed by atoms with Gasteiger partial charge in [-0.15, -0.1) is 6.58 Å². The van der Waals surface area contributed by atoms with Gasteiger partial charge in [-0.3, -0.25) is 14.4 Å². The van der Waals surface area contributed by atoms with Crippen LogP contribution in [0, 0.1) is 11.8 Å². The van der Waals surface area contributed by atoms with Gasteiger partial charge in [0.05, 0.1) is 11.5 Å². The standard InChI is InChI=1S/C26H40N2O6/c1-3-15-27(18-11-7-5-8-12-18)23(31)21-26-14-13-25(4-2,34-26)20(24(32)33)19(26)22(30)28(21)16-9-6-10-17-29/h3,18-21,29H,1,4-17H2,2H3,(H,32,33)/t19-,20-,21?,25+,26?/m0/s1. The Morgan fingerprint density at radius 3 is 2.56 bits per heavy atom. The van der Waals surface area contributed by atoms with E-state index >= 15 is 0 Å². The summed E-state index contributed by atoms with van der Waals surface area (Å²) in [4.78, 5) is 44.0. The van der Waals surface area contributed by atoms with Crippen LogP contribution in [0.2, 0.25) is 0 Å². The molecule has 190 valence electrons. The topological polar surface area (TPSA) is 107 Å². The number of likely N-dealkylation sites (tertiary alicyclic amines) is 1. The third-order valence-electron chi connectivity index (χ3n) is 8.86. The van der Waals surface area contributed by atoms with Crippen molar-refractivity contribution in [2.75, 3.05) is 19.7 Å². The SMILES string of the molecule is C=CCN(C(=O)C1N(CCCCCO)C(=O)[C@@H]2[C@@H](C(=O)O)[C@@]3(CC)CCC12O3)C1CCCCC1. The molecular weight excluding hydrogens is 436 g/mol. The van der Waals surface area contributed by atoms with Crippen molar-refractivity contribution < 1.29 is 29.3 Å². The number of nitrogens with zero attached hydrogens (tertiary/aromatic N) is 2. The third-order valence-corrected chi connectivity index (χ3v) is 8.86. The first-order valence-electron chi connectivity index (χ1n) is 13.1. The fraction of sp³-hybridized carbons (Fsp3) is 0.808. The summed E-state index contributed by atoms with van der Waals surface area (Å²) in [5.74, 6) is -3.15. The van der Waals surface area contributed by atoms with Gasteiger partial charge in [-0.05, 0) is 51.4 Å². The van der Waals surface area contributed by atoms with Crippen LogP contribution in [0.3, 0.4) is 0 Å². The Bertz CT molecular complexity index is 811. The molecule has 0 aromatic heterocycles. The summed E-state index contributed by atoms with van der Waals surface area (Å²) < 4.78 is 6.62. The van der Waals surface area contributed by atoms with Gasteiger partial charge in [0.15, 0.2) is 0 Å². The number of fused-ring (bicyclic) bond motifs is 1. The smallest absolute Gasteiger partial charge is 0.310 e. The molecule has 8 nitrogen and oxygen atoms in total. The van der Waals surface area contributed by atoms with Crippen LogP contribution in [0.25, 0.3) is 0 Å². The second-order valence-corrected chi connectivity index (χ2v) is 10.6. The molecule has 2 bridgehead atoms. The van der Waals surface area contributed by atoms with Gasteiger partial charge >= 0.3 is 5.97 Å². The van der Waals surface area contributed by atoms with Crippen molar-refractivity contribution in [3.8, 4) is 0 Å². The summed E-state index contributed by atoms with van der Waals surface area (Å²) in [6, 6.07) is -0.700. The summed E-state index contributed by atoms with van der Waals surface area (Å²) >= 11 is 0. The van der Waals surface area contributed by atoms with Gasteiger partial charge in [-0.2, -0.15) is 0 Å². The average Bonchev–Trinajstić information content (AvgIpc) is 3.44. The molecule has 3 heterocycles. The summed E-state index contributed by atoms with van der Waals surface area (Å²) in [5, 5.41) is 19.3. The van der Waals surface area contributed by atoms with Crippen LogP contribution in [0.15, 0.2) is 12.7 Å². The van der Waals surface area contributed by atoms with Crippen molar-refractivity contribution in [1.82, 2.24) is 9.80 Å². The van der Waals surface area contributed by atoms with E-state index in [0.717, 1.165) is 32.1 Å². The zero-order chi connectivity index (χ0) is 24.5. The number of carboxylic acids is 1. The highest BCUT2D eigenvalue weighted by atomic mass is 16.5. The number of carbonyl (C=O) groups is 3. The summed E-state index contributed by atoms with van der Waals surface area (Å²) in [6.45, 7) is 6.65. The Hall–Kier alpha value is -1.93. The number of rotatable bonds is 11. The second-order valence-electron chi connectivity index (χ2n) is 10.6. The highest BCUT2D eigenvalue weighted by Gasteiger charge is 2.79. The summed E-state index contributed by atoms with van der Waals surface area (Å²) in [7, 11) is 0. The van der Waals surface area contributed by atoms with Gasteiger partial charge in [-0.25, -0.2) is 0 Å². The lowest BCUT2D eigenvalue weighted by Crippen LogP contribution is -2.58. The van der Waals surface area contributed by atoms with Gasteiger partial charge in [0.1, 0.15) is 17.6 Å². The fourth-order valence-electron chi connectivity index (χ4n) is 7.29. The molecule has 2 unspecified atom stereocenters. The van der Waals surface area contributed by atoms with Crippen LogP contribution in [0.1, 0.15) is 77.6 Å². The average molecular weight is 477 g/mol. The lowest BCUT2D eigenvalue weighted by Gasteiger charge is -2.40. The van der Waals surface area contributed by atoms with Crippen molar-refractivity contribution >= 4 is 17.8 Å². The predicted molar refractivity (Wildman–Crippen MR) is 126 cm³/mol. The molecule has 0 aromatic carbocycles. The molecule has 1 spiro atoms. The number of carboxylic acid groups (broad SMARTS) is 1. The summed E-state index contributed by atoms with van der Waals surface area (Å²) in [6.07, 6.45) is 10.5. The molecule has 2 amide bonds. The predicted octanol–water partition coefficient (Wildman–Crippen LogP) is 2.74. The molecular formula is C26H40N2O6. The highest BCUT2D eigenvalue weighted by molar-refractivity contribution is 5.98. The van der Waals surface area contributed by atoms with Crippen LogP contribution < -0.4 is 0 Å². The minimum atomic E-state index is -1.09. The quantitative estimate of drug-likeness (QED) is 0.351. The molecule has 2 N–H and O–H groups in total. The van der Waals surface area contributed by atoms with Crippen molar-refractivity contribution in [1.29, 1.82) is 0 Å². The van der Waals surface area contributed by atoms with E-state index in [0.29, 0.717) is 45.2 Å². The number of ether oxygens (including phenoxy) is 1. The number of aliphatic hydroxyl groups is 1. The van der Waals surface area contributed by atoms with Gasteiger partial charge in [0.25, 0.3) is 0 Å². The largest absolute Gasteiger partial charge is 0.481 e. The van der Waals surface area contributed by atoms with Crippen LogP contribution >= 0.6 is 0 Å². The minimum Gasteiger partial charge on any atom is -0.481 e. The molecule has 34 heavy (non-hydrogen) atoms. The second kappa shape index (κ2) is 9.97. The Kier molecular flexibility index (Phi) is 7.38. The Balaban J connectivity index is 1.71. The van der Waals surface area contributed by atoms with Crippen molar-refractivity contribution in [2.45, 2.75) is 101 Å². The number of unbranched alkanes of at least 4 members (excludes halogenated alkanes) is 2. The molecule has 5 atom stereocenters. The van der Waals surface area contributed by atoms with Crippen molar-refractivity contribution in [2.24, 2.45) is 11.8 Å². The van der Waals surface area contributed by atoms with E-state index in [-0.39, 0.29) is 24.5 Å². The van der Waals surface area contributed by atoms with Crippen LogP contribution in [0.4, 0.5) is 0 Å². The van der Waals surface area contributed by atoms with Crippen molar-refractivity contribution in [3.05, 3.63) is 12.7 Å². The number of aliphatic carboxylic acids is 1. The van der Waals surface area contributed by atoms with Crippen LogP contribution in [-0.4, -0.2) is 80.8 Å². The van der Waals surface area contributed by atoms with Crippen LogP contribution in [0.5, 0.6) is 0 Å². The molecule has 4 aliphatic rings. The number of hydrogen-bond acceptors (Lipinski definition) is 5. The third kappa shape index (κ3) is 3.87. The van der Waals surface area contributed by atoms with E-state index in [1.54, 1.807) is 11.0 Å². The van der Waals surface area contributed by atoms with E-state index in [9.17, 15) is 19.5 Å². The number of amides is 2. The maximum atomic E-state index is 14.3. The lowest BCUT2D eigenvalue weighted by atomic mass is 9.65. The first-order valence-corrected chi connectivity index (χ1v) is 13.1. The molecule has 8 heteroatoms. The van der Waals surface area contributed by atoms with E-state index in [2.05, 4.69) is 6.58 Å². The molecule has 3 aliphatic heterocycles. The maximum Gasteiger partial charge on any atom is 0.310 e. The Morgan fingerprint density at radius 2 is 1.94 bits per heavy atom. The van der Waals surface area contributed by atoms with Gasteiger partial charge < -0.3 is 24.7 Å². The van der Waals surface area contributed by atoms with E-state index in [1.807, 2.05) is 11.8 Å². The fourth-order valence-corrected chi connectivity index (χ4v) is 7.29. The molecule has 4 fully saturated rings. The highest BCUT2D eigenvalue weighted by Crippen LogP contribution is 2.64. The molecule has 1 aliphatic carbocycles. The maximum absolute atomic E-state index is 14.3. The monoisotopic (exact) mass is 476 g/mol. The normalized spacial score (nSPS) is 34.9. The number of aliphatic hydroxyl groups excluding tert-OH is 1. The van der Waals surface area contributed by atoms with E-state index < -0.39 is 35.0 Å². The molecule has 3 saturated heterocycles. The van der Waals surface area contributed by atoms with Gasteiger partial charge in [0, 0.05) is 25.7 Å². The summed E-state index contributed by atoms with van der Waals surface area (Å²) in [5.41, 5.74) is -1.97.